The van der Waals surface area contributed by atoms with Crippen LogP contribution in [0.3, 0.4) is 0 Å². The van der Waals surface area contributed by atoms with Crippen LogP contribution >= 0.6 is 0 Å². The van der Waals surface area contributed by atoms with E-state index < -0.39 is 9.84 Å². The van der Waals surface area contributed by atoms with Gasteiger partial charge in [-0.05, 0) is 17.7 Å². The summed E-state index contributed by atoms with van der Waals surface area (Å²) < 4.78 is 24.7. The summed E-state index contributed by atoms with van der Waals surface area (Å²) in [6.07, 6.45) is 2.72. The van der Waals surface area contributed by atoms with E-state index in [2.05, 4.69) is 15.0 Å². The van der Waals surface area contributed by atoms with Gasteiger partial charge in [-0.2, -0.15) is 0 Å². The van der Waals surface area contributed by atoms with Crippen molar-refractivity contribution in [3.8, 4) is 11.3 Å². The Morgan fingerprint density at radius 1 is 1.04 bits per heavy atom. The molecule has 0 atom stereocenters. The average molecular weight is 380 g/mol. The Kier molecular flexibility index (Phi) is 4.12. The number of benzene rings is 2. The van der Waals surface area contributed by atoms with Crippen LogP contribution < -0.4 is 5.69 Å². The van der Waals surface area contributed by atoms with Gasteiger partial charge in [-0.15, -0.1) is 0 Å². The van der Waals surface area contributed by atoms with E-state index in [0.29, 0.717) is 23.5 Å². The number of hydrogen-bond acceptors (Lipinski definition) is 5. The molecular weight excluding hydrogens is 364 g/mol. The Labute approximate surface area is 155 Å². The van der Waals surface area contributed by atoms with Crippen molar-refractivity contribution in [2.24, 2.45) is 0 Å². The van der Waals surface area contributed by atoms with Crippen molar-refractivity contribution in [3.63, 3.8) is 0 Å². The molecule has 0 radical (unpaired) electrons. The number of rotatable bonds is 4. The molecule has 0 saturated carbocycles. The molecule has 7 nitrogen and oxygen atoms in total. The van der Waals surface area contributed by atoms with Gasteiger partial charge in [0.25, 0.3) is 0 Å². The van der Waals surface area contributed by atoms with E-state index in [-0.39, 0.29) is 10.6 Å². The van der Waals surface area contributed by atoms with Crippen LogP contribution in [-0.2, 0) is 16.4 Å². The highest BCUT2D eigenvalue weighted by molar-refractivity contribution is 7.90. The molecule has 0 saturated heterocycles. The highest BCUT2D eigenvalue weighted by atomic mass is 32.2. The molecule has 2 heterocycles. The Hall–Kier alpha value is -3.26. The van der Waals surface area contributed by atoms with Gasteiger partial charge in [0.1, 0.15) is 0 Å². The van der Waals surface area contributed by atoms with Gasteiger partial charge in [0.2, 0.25) is 0 Å². The number of aromatic amines is 1. The van der Waals surface area contributed by atoms with Gasteiger partial charge >= 0.3 is 5.69 Å². The highest BCUT2D eigenvalue weighted by Crippen LogP contribution is 2.20. The highest BCUT2D eigenvalue weighted by Gasteiger charge is 2.13. The Morgan fingerprint density at radius 2 is 1.74 bits per heavy atom. The topological polar surface area (TPSA) is 97.7 Å². The lowest BCUT2D eigenvalue weighted by Gasteiger charge is -2.05. The molecule has 136 valence electrons. The van der Waals surface area contributed by atoms with E-state index in [1.165, 1.54) is 16.7 Å². The van der Waals surface area contributed by atoms with E-state index in [4.69, 9.17) is 0 Å². The number of nitrogens with zero attached hydrogens (tertiary/aromatic N) is 3. The minimum Gasteiger partial charge on any atom is -0.289 e. The summed E-state index contributed by atoms with van der Waals surface area (Å²) >= 11 is 0. The zero-order valence-corrected chi connectivity index (χ0v) is 15.3. The van der Waals surface area contributed by atoms with E-state index in [1.807, 2.05) is 30.3 Å². The quantitative estimate of drug-likeness (QED) is 0.585. The number of imidazole rings is 1. The predicted octanol–water partition coefficient (Wildman–Crippen LogP) is 2.24. The zero-order valence-electron chi connectivity index (χ0n) is 14.5. The van der Waals surface area contributed by atoms with Crippen molar-refractivity contribution < 1.29 is 8.42 Å². The molecule has 4 rings (SSSR count). The lowest BCUT2D eigenvalue weighted by atomic mass is 10.2. The number of aromatic nitrogens is 4. The Bertz CT molecular complexity index is 1270. The van der Waals surface area contributed by atoms with Crippen LogP contribution in [0.25, 0.3) is 22.6 Å². The Morgan fingerprint density at radius 3 is 2.41 bits per heavy atom. The van der Waals surface area contributed by atoms with Crippen molar-refractivity contribution in [3.05, 3.63) is 76.8 Å². The minimum atomic E-state index is -3.26. The zero-order chi connectivity index (χ0) is 19.0. The average Bonchev–Trinajstić information content (AvgIpc) is 2.97. The summed E-state index contributed by atoms with van der Waals surface area (Å²) in [6, 6.07) is 16.0. The molecule has 0 aliphatic rings. The van der Waals surface area contributed by atoms with E-state index >= 15 is 0 Å². The summed E-state index contributed by atoms with van der Waals surface area (Å²) in [5, 5.41) is 0. The van der Waals surface area contributed by atoms with Crippen molar-refractivity contribution in [2.45, 2.75) is 11.4 Å². The molecule has 0 spiro atoms. The number of fused-ring (bicyclic) bond motifs is 1. The first kappa shape index (κ1) is 17.2. The third-order valence-electron chi connectivity index (χ3n) is 4.24. The number of nitrogens with one attached hydrogen (secondary N) is 1. The van der Waals surface area contributed by atoms with E-state index in [0.717, 1.165) is 17.4 Å². The van der Waals surface area contributed by atoms with Crippen LogP contribution in [-0.4, -0.2) is 34.2 Å². The van der Waals surface area contributed by atoms with E-state index in [9.17, 15) is 13.2 Å². The molecule has 4 aromatic rings. The van der Waals surface area contributed by atoms with Gasteiger partial charge in [-0.3, -0.25) is 9.55 Å². The molecule has 0 amide bonds. The molecule has 0 unspecified atom stereocenters. The van der Waals surface area contributed by atoms with Gasteiger partial charge in [-0.1, -0.05) is 42.5 Å². The Balaban J connectivity index is 1.78. The SMILES string of the molecule is CS(=O)(=O)c1ccc(-c2cnc3[nH]c(=O)n(Cc4ccccc4)c3n2)cc1. The molecule has 1 N–H and O–H groups in total. The molecule has 8 heteroatoms. The number of hydrogen-bond donors (Lipinski definition) is 1. The molecular formula is C19H16N4O3S. The monoisotopic (exact) mass is 380 g/mol. The summed E-state index contributed by atoms with van der Waals surface area (Å²) in [6.45, 7) is 0.380. The first-order valence-corrected chi connectivity index (χ1v) is 10.1. The largest absolute Gasteiger partial charge is 0.329 e. The second kappa shape index (κ2) is 6.48. The molecule has 0 fully saturated rings. The normalized spacial score (nSPS) is 11.7. The third-order valence-corrected chi connectivity index (χ3v) is 5.37. The lowest BCUT2D eigenvalue weighted by Crippen LogP contribution is -2.17. The summed E-state index contributed by atoms with van der Waals surface area (Å²) in [4.78, 5) is 24.1. The van der Waals surface area contributed by atoms with Crippen molar-refractivity contribution in [2.75, 3.05) is 6.26 Å². The predicted molar refractivity (Wildman–Crippen MR) is 102 cm³/mol. The first-order chi connectivity index (χ1) is 12.9. The van der Waals surface area contributed by atoms with Crippen molar-refractivity contribution in [1.82, 2.24) is 19.5 Å². The van der Waals surface area contributed by atoms with Crippen LogP contribution in [0.2, 0.25) is 0 Å². The van der Waals surface area contributed by atoms with Gasteiger partial charge in [-0.25, -0.2) is 23.2 Å². The fraction of sp³-hybridized carbons (Fsp3) is 0.105. The molecule has 2 aromatic carbocycles. The molecule has 27 heavy (non-hydrogen) atoms. The van der Waals surface area contributed by atoms with Crippen LogP contribution in [0, 0.1) is 0 Å². The van der Waals surface area contributed by atoms with Crippen LogP contribution in [0.1, 0.15) is 5.56 Å². The lowest BCUT2D eigenvalue weighted by molar-refractivity contribution is 0.602. The minimum absolute atomic E-state index is 0.239. The maximum atomic E-state index is 12.3. The second-order valence-corrected chi connectivity index (χ2v) is 8.24. The third kappa shape index (κ3) is 3.39. The van der Waals surface area contributed by atoms with Crippen LogP contribution in [0.15, 0.2) is 70.5 Å². The summed E-state index contributed by atoms with van der Waals surface area (Å²) in [7, 11) is -3.26. The fourth-order valence-electron chi connectivity index (χ4n) is 2.85. The van der Waals surface area contributed by atoms with Crippen LogP contribution in [0.5, 0.6) is 0 Å². The van der Waals surface area contributed by atoms with Crippen molar-refractivity contribution >= 4 is 21.1 Å². The number of sulfone groups is 1. The smallest absolute Gasteiger partial charge is 0.289 e. The maximum absolute atomic E-state index is 12.3. The van der Waals surface area contributed by atoms with Gasteiger partial charge in [0, 0.05) is 11.8 Å². The molecule has 0 aliphatic heterocycles. The first-order valence-electron chi connectivity index (χ1n) is 8.22. The maximum Gasteiger partial charge on any atom is 0.329 e. The fourth-order valence-corrected chi connectivity index (χ4v) is 3.48. The second-order valence-electron chi connectivity index (χ2n) is 6.23. The molecule has 2 aromatic heterocycles. The standard InChI is InChI=1S/C19H16N4O3S/c1-27(25,26)15-9-7-14(8-10-15)16-11-20-17-18(21-16)23(19(24)22-17)12-13-5-3-2-4-6-13/h2-11H,12H2,1H3,(H,20,22,24). The van der Waals surface area contributed by atoms with Gasteiger partial charge in [0.05, 0.1) is 23.3 Å². The van der Waals surface area contributed by atoms with E-state index in [1.54, 1.807) is 18.3 Å². The van der Waals surface area contributed by atoms with Crippen molar-refractivity contribution in [1.29, 1.82) is 0 Å². The van der Waals surface area contributed by atoms with Gasteiger partial charge in [0.15, 0.2) is 21.1 Å². The van der Waals surface area contributed by atoms with Gasteiger partial charge < -0.3 is 0 Å². The number of H-pyrrole nitrogens is 1. The molecule has 0 bridgehead atoms. The summed E-state index contributed by atoms with van der Waals surface area (Å²) in [5.41, 5.74) is 2.84. The summed E-state index contributed by atoms with van der Waals surface area (Å²) in [5.74, 6) is 0. The molecule has 0 aliphatic carbocycles. The van der Waals surface area contributed by atoms with Crippen LogP contribution in [0.4, 0.5) is 0 Å².